The molecule has 0 amide bonds. The van der Waals surface area contributed by atoms with Gasteiger partial charge in [0.15, 0.2) is 12.4 Å². The molecule has 104 valence electrons. The molecule has 3 rings (SSSR count). The molecule has 0 radical (unpaired) electrons. The van der Waals surface area contributed by atoms with E-state index >= 15 is 0 Å². The van der Waals surface area contributed by atoms with Crippen LogP contribution in [-0.2, 0) is 6.54 Å². The molecule has 0 N–H and O–H groups in total. The Labute approximate surface area is 148 Å². The van der Waals surface area contributed by atoms with Gasteiger partial charge in [-0.25, -0.2) is 9.55 Å². The summed E-state index contributed by atoms with van der Waals surface area (Å²) in [7, 11) is 0. The first-order chi connectivity index (χ1) is 9.26. The van der Waals surface area contributed by atoms with E-state index in [4.69, 9.17) is 4.98 Å². The first-order valence-corrected chi connectivity index (χ1v) is 7.93. The van der Waals surface area contributed by atoms with Crippen LogP contribution < -0.4 is 28.5 Å². The number of benzene rings is 1. The van der Waals surface area contributed by atoms with Crippen LogP contribution in [0.4, 0.5) is 0 Å². The SMILES string of the molecule is CCC[n+]1cccc(-c2nc3ccc(Br)cc3s2)c1.[I-]. The molecule has 0 unspecified atom stereocenters. The third-order valence-electron chi connectivity index (χ3n) is 2.94. The predicted octanol–water partition coefficient (Wildman–Crippen LogP) is 1.43. The highest BCUT2D eigenvalue weighted by atomic mass is 127. The van der Waals surface area contributed by atoms with Gasteiger partial charge in [0, 0.05) is 17.0 Å². The quantitative estimate of drug-likeness (QED) is 0.426. The Hall–Kier alpha value is -0.530. The number of nitrogens with zero attached hydrogens (tertiary/aromatic N) is 2. The molecule has 0 saturated carbocycles. The number of aryl methyl sites for hydroxylation is 1. The minimum Gasteiger partial charge on any atom is -1.00 e. The third-order valence-corrected chi connectivity index (χ3v) is 4.50. The molecule has 20 heavy (non-hydrogen) atoms. The lowest BCUT2D eigenvalue weighted by Gasteiger charge is -1.96. The largest absolute Gasteiger partial charge is 1.00 e. The maximum atomic E-state index is 4.71. The molecule has 2 heterocycles. The number of hydrogen-bond acceptors (Lipinski definition) is 2. The van der Waals surface area contributed by atoms with E-state index in [0.717, 1.165) is 28.0 Å². The molecule has 0 fully saturated rings. The van der Waals surface area contributed by atoms with Crippen LogP contribution in [0, 0.1) is 0 Å². The zero-order valence-electron chi connectivity index (χ0n) is 11.0. The van der Waals surface area contributed by atoms with Gasteiger partial charge in [-0.15, -0.1) is 11.3 Å². The standard InChI is InChI=1S/C15H14BrN2S.HI/c1-2-7-18-8-3-4-11(10-18)15-17-13-6-5-12(16)9-14(13)19-15;/h3-6,8-10H,2,7H2,1H3;1H/q+1;/p-1. The van der Waals surface area contributed by atoms with Crippen molar-refractivity contribution in [3.05, 3.63) is 47.2 Å². The molecule has 0 saturated heterocycles. The van der Waals surface area contributed by atoms with Crippen molar-refractivity contribution in [2.75, 3.05) is 0 Å². The summed E-state index contributed by atoms with van der Waals surface area (Å²) in [4.78, 5) is 4.71. The maximum Gasteiger partial charge on any atom is 0.179 e. The Morgan fingerprint density at radius 1 is 1.30 bits per heavy atom. The Balaban J connectivity index is 0.00000147. The number of thiazole rings is 1. The summed E-state index contributed by atoms with van der Waals surface area (Å²) in [6.45, 7) is 3.24. The van der Waals surface area contributed by atoms with E-state index in [1.807, 2.05) is 6.07 Å². The van der Waals surface area contributed by atoms with Crippen molar-refractivity contribution in [2.24, 2.45) is 0 Å². The summed E-state index contributed by atoms with van der Waals surface area (Å²) in [6, 6.07) is 10.4. The first-order valence-electron chi connectivity index (χ1n) is 6.32. The maximum absolute atomic E-state index is 4.71. The number of rotatable bonds is 3. The summed E-state index contributed by atoms with van der Waals surface area (Å²) >= 11 is 5.24. The molecule has 3 aromatic rings. The highest BCUT2D eigenvalue weighted by Gasteiger charge is 2.10. The fourth-order valence-corrected chi connectivity index (χ4v) is 3.58. The molecule has 0 aliphatic heterocycles. The normalized spacial score (nSPS) is 10.5. The van der Waals surface area contributed by atoms with Gasteiger partial charge in [-0.05, 0) is 24.3 Å². The van der Waals surface area contributed by atoms with E-state index in [9.17, 15) is 0 Å². The third kappa shape index (κ3) is 3.38. The van der Waals surface area contributed by atoms with Crippen molar-refractivity contribution < 1.29 is 28.5 Å². The van der Waals surface area contributed by atoms with E-state index in [1.54, 1.807) is 11.3 Å². The average Bonchev–Trinajstić information content (AvgIpc) is 2.82. The van der Waals surface area contributed by atoms with E-state index in [0.29, 0.717) is 0 Å². The molecule has 0 bridgehead atoms. The van der Waals surface area contributed by atoms with Gasteiger partial charge in [-0.3, -0.25) is 0 Å². The lowest BCUT2D eigenvalue weighted by molar-refractivity contribution is -0.696. The Morgan fingerprint density at radius 3 is 2.95 bits per heavy atom. The topological polar surface area (TPSA) is 16.8 Å². The van der Waals surface area contributed by atoms with Crippen molar-refractivity contribution in [3.63, 3.8) is 0 Å². The fourth-order valence-electron chi connectivity index (χ4n) is 2.07. The van der Waals surface area contributed by atoms with Crippen LogP contribution in [0.25, 0.3) is 20.8 Å². The predicted molar refractivity (Wildman–Crippen MR) is 83.2 cm³/mol. The molecule has 0 aliphatic carbocycles. The zero-order valence-corrected chi connectivity index (χ0v) is 15.6. The summed E-state index contributed by atoms with van der Waals surface area (Å²) in [6.07, 6.45) is 5.42. The van der Waals surface area contributed by atoms with Crippen LogP contribution in [0.2, 0.25) is 0 Å². The van der Waals surface area contributed by atoms with Crippen molar-refractivity contribution in [1.82, 2.24) is 4.98 Å². The fraction of sp³-hybridized carbons (Fsp3) is 0.200. The van der Waals surface area contributed by atoms with Crippen LogP contribution in [0.15, 0.2) is 47.2 Å². The van der Waals surface area contributed by atoms with Gasteiger partial charge in [0.1, 0.15) is 11.6 Å². The monoisotopic (exact) mass is 460 g/mol. The number of fused-ring (bicyclic) bond motifs is 1. The molecule has 1 aromatic carbocycles. The van der Waals surface area contributed by atoms with Gasteiger partial charge in [-0.2, -0.15) is 0 Å². The average molecular weight is 461 g/mol. The van der Waals surface area contributed by atoms with Gasteiger partial charge in [0.2, 0.25) is 0 Å². The molecule has 2 aromatic heterocycles. The highest BCUT2D eigenvalue weighted by Crippen LogP contribution is 2.31. The number of aromatic nitrogens is 2. The summed E-state index contributed by atoms with van der Waals surface area (Å²) in [5.41, 5.74) is 2.25. The molecule has 0 aliphatic rings. The lowest BCUT2D eigenvalue weighted by Crippen LogP contribution is -3.00. The minimum atomic E-state index is 0. The number of pyridine rings is 1. The lowest BCUT2D eigenvalue weighted by atomic mass is 10.3. The van der Waals surface area contributed by atoms with Crippen molar-refractivity contribution in [3.8, 4) is 10.6 Å². The van der Waals surface area contributed by atoms with Crippen LogP contribution in [0.5, 0.6) is 0 Å². The molecule has 5 heteroatoms. The molecule has 2 nitrogen and oxygen atoms in total. The van der Waals surface area contributed by atoms with Gasteiger partial charge < -0.3 is 24.0 Å². The van der Waals surface area contributed by atoms with Gasteiger partial charge in [0.25, 0.3) is 0 Å². The van der Waals surface area contributed by atoms with E-state index in [1.165, 1.54) is 10.3 Å². The molecular weight excluding hydrogens is 447 g/mol. The second-order valence-corrected chi connectivity index (χ2v) is 6.41. The Morgan fingerprint density at radius 2 is 2.15 bits per heavy atom. The highest BCUT2D eigenvalue weighted by molar-refractivity contribution is 9.10. The molecule has 0 spiro atoms. The van der Waals surface area contributed by atoms with Crippen LogP contribution in [0.1, 0.15) is 13.3 Å². The van der Waals surface area contributed by atoms with E-state index < -0.39 is 0 Å². The van der Waals surface area contributed by atoms with Crippen molar-refractivity contribution in [2.45, 2.75) is 19.9 Å². The van der Waals surface area contributed by atoms with Gasteiger partial charge in [-0.1, -0.05) is 22.9 Å². The van der Waals surface area contributed by atoms with Crippen LogP contribution in [0.3, 0.4) is 0 Å². The molecule has 0 atom stereocenters. The van der Waals surface area contributed by atoms with Gasteiger partial charge >= 0.3 is 0 Å². The zero-order chi connectivity index (χ0) is 13.2. The number of halogens is 2. The second-order valence-electron chi connectivity index (χ2n) is 4.46. The minimum absolute atomic E-state index is 0. The summed E-state index contributed by atoms with van der Waals surface area (Å²) < 4.78 is 4.54. The Kier molecular flexibility index (Phi) is 5.51. The summed E-state index contributed by atoms with van der Waals surface area (Å²) in [5, 5.41) is 1.08. The van der Waals surface area contributed by atoms with Gasteiger partial charge in [0.05, 0.1) is 15.8 Å². The van der Waals surface area contributed by atoms with Crippen LogP contribution in [-0.4, -0.2) is 4.98 Å². The Bertz CT molecular complexity index is 727. The van der Waals surface area contributed by atoms with Crippen LogP contribution >= 0.6 is 27.3 Å². The number of hydrogen-bond donors (Lipinski definition) is 0. The molecular formula is C15H14BrIN2S. The smallest absolute Gasteiger partial charge is 0.179 e. The van der Waals surface area contributed by atoms with E-state index in [-0.39, 0.29) is 24.0 Å². The summed E-state index contributed by atoms with van der Waals surface area (Å²) in [5.74, 6) is 0. The first kappa shape index (κ1) is 15.9. The van der Waals surface area contributed by atoms with Crippen molar-refractivity contribution >= 4 is 37.5 Å². The van der Waals surface area contributed by atoms with Crippen molar-refractivity contribution in [1.29, 1.82) is 0 Å². The van der Waals surface area contributed by atoms with E-state index in [2.05, 4.69) is 64.1 Å². The second kappa shape index (κ2) is 6.95.